The summed E-state index contributed by atoms with van der Waals surface area (Å²) in [5.74, 6) is 0.784. The average Bonchev–Trinajstić information content (AvgIpc) is 2.75. The van der Waals surface area contributed by atoms with Gasteiger partial charge < -0.3 is 10.1 Å². The van der Waals surface area contributed by atoms with Gasteiger partial charge in [0.2, 0.25) is 5.91 Å². The molecule has 3 aromatic rings. The third-order valence-electron chi connectivity index (χ3n) is 5.34. The number of ether oxygens (including phenoxy) is 1. The zero-order valence-corrected chi connectivity index (χ0v) is 16.1. The fourth-order valence-electron chi connectivity index (χ4n) is 3.69. The van der Waals surface area contributed by atoms with E-state index in [4.69, 9.17) is 4.74 Å². The van der Waals surface area contributed by atoms with E-state index in [9.17, 15) is 4.79 Å². The molecule has 0 aliphatic carbocycles. The maximum absolute atomic E-state index is 12.6. The minimum absolute atomic E-state index is 0.0408. The molecule has 2 aromatic carbocycles. The van der Waals surface area contributed by atoms with Crippen LogP contribution in [0.5, 0.6) is 5.75 Å². The topological polar surface area (TPSA) is 54.5 Å². The van der Waals surface area contributed by atoms with Crippen LogP contribution in [0.2, 0.25) is 0 Å². The van der Waals surface area contributed by atoms with Gasteiger partial charge >= 0.3 is 0 Å². The maximum Gasteiger partial charge on any atom is 0.237 e. The summed E-state index contributed by atoms with van der Waals surface area (Å²) in [6, 6.07) is 18.1. The summed E-state index contributed by atoms with van der Waals surface area (Å²) in [5.41, 5.74) is 3.56. The summed E-state index contributed by atoms with van der Waals surface area (Å²) < 4.78 is 5.85. The van der Waals surface area contributed by atoms with E-state index in [1.165, 1.54) is 11.1 Å². The maximum atomic E-state index is 12.6. The summed E-state index contributed by atoms with van der Waals surface area (Å²) in [6.45, 7) is 4.58. The Labute approximate surface area is 165 Å². The van der Waals surface area contributed by atoms with Gasteiger partial charge in [0.05, 0.1) is 12.6 Å². The Morgan fingerprint density at radius 3 is 2.86 bits per heavy atom. The molecule has 0 fully saturated rings. The monoisotopic (exact) mass is 375 g/mol. The number of nitrogens with zero attached hydrogens (tertiary/aromatic N) is 2. The van der Waals surface area contributed by atoms with E-state index >= 15 is 0 Å². The van der Waals surface area contributed by atoms with Crippen LogP contribution in [0.3, 0.4) is 0 Å². The van der Waals surface area contributed by atoms with Crippen molar-refractivity contribution >= 4 is 16.8 Å². The first-order valence-corrected chi connectivity index (χ1v) is 9.77. The van der Waals surface area contributed by atoms with Gasteiger partial charge in [-0.2, -0.15) is 0 Å². The van der Waals surface area contributed by atoms with E-state index in [1.54, 1.807) is 6.20 Å². The highest BCUT2D eigenvalue weighted by Crippen LogP contribution is 2.23. The van der Waals surface area contributed by atoms with Crippen molar-refractivity contribution in [2.24, 2.45) is 0 Å². The van der Waals surface area contributed by atoms with Gasteiger partial charge in [-0.15, -0.1) is 0 Å². The van der Waals surface area contributed by atoms with Crippen molar-refractivity contribution in [2.75, 3.05) is 19.7 Å². The van der Waals surface area contributed by atoms with Gasteiger partial charge in [-0.25, -0.2) is 0 Å². The van der Waals surface area contributed by atoms with Crippen LogP contribution in [0, 0.1) is 0 Å². The van der Waals surface area contributed by atoms with Gasteiger partial charge in [0.1, 0.15) is 17.9 Å². The van der Waals surface area contributed by atoms with E-state index in [0.717, 1.165) is 36.2 Å². The molecular weight excluding hydrogens is 350 g/mol. The Morgan fingerprint density at radius 1 is 1.14 bits per heavy atom. The number of nitrogens with one attached hydrogen (secondary N) is 1. The lowest BCUT2D eigenvalue weighted by atomic mass is 9.99. The molecule has 5 heteroatoms. The Balaban J connectivity index is 1.28. The molecule has 0 bridgehead atoms. The van der Waals surface area contributed by atoms with Crippen molar-refractivity contribution in [1.29, 1.82) is 0 Å². The molecule has 144 valence electrons. The molecule has 1 aliphatic heterocycles. The second-order valence-corrected chi connectivity index (χ2v) is 7.14. The second-order valence-electron chi connectivity index (χ2n) is 7.14. The van der Waals surface area contributed by atoms with Crippen LogP contribution < -0.4 is 10.1 Å². The molecule has 0 saturated carbocycles. The molecule has 4 rings (SSSR count). The summed E-state index contributed by atoms with van der Waals surface area (Å²) in [5, 5.41) is 4.04. The molecule has 28 heavy (non-hydrogen) atoms. The number of fused-ring (bicyclic) bond motifs is 2. The average molecular weight is 375 g/mol. The fourth-order valence-corrected chi connectivity index (χ4v) is 3.69. The van der Waals surface area contributed by atoms with Crippen molar-refractivity contribution < 1.29 is 9.53 Å². The predicted molar refractivity (Wildman–Crippen MR) is 110 cm³/mol. The van der Waals surface area contributed by atoms with Gasteiger partial charge in [-0.1, -0.05) is 42.5 Å². The number of carbonyl (C=O) groups is 1. The van der Waals surface area contributed by atoms with Crippen LogP contribution in [0.4, 0.5) is 0 Å². The lowest BCUT2D eigenvalue weighted by Crippen LogP contribution is -2.47. The van der Waals surface area contributed by atoms with Crippen molar-refractivity contribution in [2.45, 2.75) is 25.9 Å². The van der Waals surface area contributed by atoms with Crippen molar-refractivity contribution in [1.82, 2.24) is 15.2 Å². The molecular formula is C23H25N3O2. The zero-order chi connectivity index (χ0) is 19.3. The third kappa shape index (κ3) is 3.99. The van der Waals surface area contributed by atoms with Gasteiger partial charge in [0.15, 0.2) is 0 Å². The molecule has 0 spiro atoms. The van der Waals surface area contributed by atoms with E-state index < -0.39 is 0 Å². The van der Waals surface area contributed by atoms with Crippen LogP contribution in [0.15, 0.2) is 60.8 Å². The number of hydrogen-bond donors (Lipinski definition) is 1. The molecule has 1 aliphatic rings. The number of para-hydroxylation sites is 1. The number of carbonyl (C=O) groups excluding carboxylic acids is 1. The SMILES string of the molecule is C[C@@H](C(=O)NCCOc1cccc2cccnc12)N1CCc2ccccc2C1. The van der Waals surface area contributed by atoms with Crippen molar-refractivity contribution in [3.63, 3.8) is 0 Å². The van der Waals surface area contributed by atoms with Crippen molar-refractivity contribution in [3.8, 4) is 5.75 Å². The number of aromatic nitrogens is 1. The molecule has 2 heterocycles. The van der Waals surface area contributed by atoms with E-state index in [2.05, 4.69) is 39.5 Å². The highest BCUT2D eigenvalue weighted by atomic mass is 16.5. The Bertz CT molecular complexity index is 967. The minimum atomic E-state index is -0.160. The first kappa shape index (κ1) is 18.4. The molecule has 0 saturated heterocycles. The summed E-state index contributed by atoms with van der Waals surface area (Å²) in [4.78, 5) is 19.2. The number of rotatable bonds is 6. The first-order valence-electron chi connectivity index (χ1n) is 9.77. The zero-order valence-electron chi connectivity index (χ0n) is 16.1. The van der Waals surface area contributed by atoms with E-state index in [1.807, 2.05) is 37.3 Å². The highest BCUT2D eigenvalue weighted by Gasteiger charge is 2.24. The summed E-state index contributed by atoms with van der Waals surface area (Å²) in [7, 11) is 0. The predicted octanol–water partition coefficient (Wildman–Crippen LogP) is 3.18. The second kappa shape index (κ2) is 8.40. The van der Waals surface area contributed by atoms with Crippen LogP contribution >= 0.6 is 0 Å². The Kier molecular flexibility index (Phi) is 5.53. The molecule has 1 amide bonds. The molecule has 5 nitrogen and oxygen atoms in total. The van der Waals surface area contributed by atoms with Crippen molar-refractivity contribution in [3.05, 3.63) is 71.9 Å². The minimum Gasteiger partial charge on any atom is -0.489 e. The fraction of sp³-hybridized carbons (Fsp3) is 0.304. The van der Waals surface area contributed by atoms with Crippen LogP contribution in [-0.4, -0.2) is 41.5 Å². The van der Waals surface area contributed by atoms with Crippen LogP contribution in [0.25, 0.3) is 10.9 Å². The van der Waals surface area contributed by atoms with Crippen LogP contribution in [0.1, 0.15) is 18.1 Å². The summed E-state index contributed by atoms with van der Waals surface area (Å²) in [6.07, 6.45) is 2.75. The molecule has 1 aromatic heterocycles. The lowest BCUT2D eigenvalue weighted by molar-refractivity contribution is -0.126. The third-order valence-corrected chi connectivity index (χ3v) is 5.34. The number of benzene rings is 2. The van der Waals surface area contributed by atoms with Crippen LogP contribution in [-0.2, 0) is 17.8 Å². The quantitative estimate of drug-likeness (QED) is 0.673. The highest BCUT2D eigenvalue weighted by molar-refractivity contribution is 5.84. The van der Waals surface area contributed by atoms with Gasteiger partial charge in [-0.05, 0) is 36.6 Å². The van der Waals surface area contributed by atoms with Gasteiger partial charge in [0.25, 0.3) is 0 Å². The smallest absolute Gasteiger partial charge is 0.237 e. The van der Waals surface area contributed by atoms with Gasteiger partial charge in [-0.3, -0.25) is 14.7 Å². The number of hydrogen-bond acceptors (Lipinski definition) is 4. The number of pyridine rings is 1. The normalized spacial score (nSPS) is 15.0. The number of amides is 1. The molecule has 0 unspecified atom stereocenters. The van der Waals surface area contributed by atoms with E-state index in [0.29, 0.717) is 13.2 Å². The molecule has 1 N–H and O–H groups in total. The lowest BCUT2D eigenvalue weighted by Gasteiger charge is -2.32. The van der Waals surface area contributed by atoms with E-state index in [-0.39, 0.29) is 11.9 Å². The summed E-state index contributed by atoms with van der Waals surface area (Å²) >= 11 is 0. The standard InChI is InChI=1S/C23H25N3O2/c1-17(26-14-11-18-6-2-3-7-20(18)16-26)23(27)25-13-15-28-21-10-4-8-19-9-5-12-24-22(19)21/h2-10,12,17H,11,13-16H2,1H3,(H,25,27)/t17-/m0/s1. The van der Waals surface area contributed by atoms with Gasteiger partial charge in [0, 0.05) is 24.7 Å². The molecule has 1 atom stereocenters. The first-order chi connectivity index (χ1) is 13.7. The Morgan fingerprint density at radius 2 is 1.96 bits per heavy atom. The largest absolute Gasteiger partial charge is 0.489 e. The Hall–Kier alpha value is -2.92. The molecule has 0 radical (unpaired) electrons.